The van der Waals surface area contributed by atoms with Crippen molar-refractivity contribution in [1.82, 2.24) is 0 Å². The van der Waals surface area contributed by atoms with Crippen LogP contribution >= 0.6 is 0 Å². The predicted molar refractivity (Wildman–Crippen MR) is 63.8 cm³/mol. The zero-order valence-corrected chi connectivity index (χ0v) is 9.69. The smallest absolute Gasteiger partial charge is 0.249 e. The van der Waals surface area contributed by atoms with E-state index in [4.69, 9.17) is 0 Å². The molecule has 1 unspecified atom stereocenters. The standard InChI is InChI=1S/C12H16N2O2/c1-7(2)14-9-5-4-6-10(15)11(9)13-8(3)12(14)16/h4-8,13,15H,1-3H3. The average molecular weight is 220 g/mol. The number of amides is 1. The van der Waals surface area contributed by atoms with Gasteiger partial charge < -0.3 is 15.3 Å². The summed E-state index contributed by atoms with van der Waals surface area (Å²) in [5, 5.41) is 12.8. The number of nitrogens with one attached hydrogen (secondary N) is 1. The molecule has 1 aliphatic rings. The van der Waals surface area contributed by atoms with Crippen LogP contribution in [0.2, 0.25) is 0 Å². The number of nitrogens with zero attached hydrogens (tertiary/aromatic N) is 1. The van der Waals surface area contributed by atoms with E-state index in [1.165, 1.54) is 0 Å². The molecule has 1 aromatic rings. The van der Waals surface area contributed by atoms with Crippen molar-refractivity contribution in [3.05, 3.63) is 18.2 Å². The lowest BCUT2D eigenvalue weighted by Crippen LogP contribution is -2.48. The minimum absolute atomic E-state index is 0.0353. The maximum absolute atomic E-state index is 12.0. The summed E-state index contributed by atoms with van der Waals surface area (Å²) in [6.45, 7) is 5.72. The fourth-order valence-electron chi connectivity index (χ4n) is 2.02. The Morgan fingerprint density at radius 1 is 1.44 bits per heavy atom. The van der Waals surface area contributed by atoms with Crippen LogP contribution in [0.1, 0.15) is 20.8 Å². The van der Waals surface area contributed by atoms with Crippen LogP contribution in [-0.4, -0.2) is 23.1 Å². The van der Waals surface area contributed by atoms with E-state index in [0.717, 1.165) is 5.69 Å². The van der Waals surface area contributed by atoms with Crippen LogP contribution in [-0.2, 0) is 4.79 Å². The van der Waals surface area contributed by atoms with Gasteiger partial charge in [-0.3, -0.25) is 4.79 Å². The third kappa shape index (κ3) is 1.50. The molecule has 1 atom stereocenters. The summed E-state index contributed by atoms with van der Waals surface area (Å²) in [4.78, 5) is 13.7. The van der Waals surface area contributed by atoms with Gasteiger partial charge in [-0.15, -0.1) is 0 Å². The number of benzene rings is 1. The maximum atomic E-state index is 12.0. The number of rotatable bonds is 1. The molecule has 2 rings (SSSR count). The lowest BCUT2D eigenvalue weighted by molar-refractivity contribution is -0.119. The molecule has 1 aromatic carbocycles. The van der Waals surface area contributed by atoms with Gasteiger partial charge in [0.15, 0.2) is 0 Å². The first-order chi connectivity index (χ1) is 7.52. The Balaban J connectivity index is 2.56. The zero-order valence-electron chi connectivity index (χ0n) is 9.69. The Morgan fingerprint density at radius 3 is 2.75 bits per heavy atom. The van der Waals surface area contributed by atoms with Gasteiger partial charge in [0.2, 0.25) is 5.91 Å². The minimum atomic E-state index is -0.303. The zero-order chi connectivity index (χ0) is 11.9. The van der Waals surface area contributed by atoms with Crippen LogP contribution in [0, 0.1) is 0 Å². The molecule has 86 valence electrons. The monoisotopic (exact) mass is 220 g/mol. The molecule has 1 aliphatic heterocycles. The molecule has 0 radical (unpaired) electrons. The molecule has 1 amide bonds. The van der Waals surface area contributed by atoms with Crippen molar-refractivity contribution in [1.29, 1.82) is 0 Å². The number of fused-ring (bicyclic) bond motifs is 1. The lowest BCUT2D eigenvalue weighted by Gasteiger charge is -2.36. The topological polar surface area (TPSA) is 52.6 Å². The number of carbonyl (C=O) groups is 1. The van der Waals surface area contributed by atoms with Crippen molar-refractivity contribution in [3.8, 4) is 5.75 Å². The molecule has 2 N–H and O–H groups in total. The van der Waals surface area contributed by atoms with E-state index in [0.29, 0.717) is 5.69 Å². The number of phenolic OH excluding ortho intramolecular Hbond substituents is 1. The van der Waals surface area contributed by atoms with E-state index in [1.807, 2.05) is 19.9 Å². The number of hydrogen-bond donors (Lipinski definition) is 2. The second-order valence-corrected chi connectivity index (χ2v) is 4.34. The second-order valence-electron chi connectivity index (χ2n) is 4.34. The normalized spacial score (nSPS) is 19.6. The molecule has 0 bridgehead atoms. The summed E-state index contributed by atoms with van der Waals surface area (Å²) >= 11 is 0. The van der Waals surface area contributed by atoms with Crippen molar-refractivity contribution in [2.45, 2.75) is 32.9 Å². The molecule has 1 heterocycles. The Hall–Kier alpha value is -1.71. The highest BCUT2D eigenvalue weighted by Crippen LogP contribution is 2.38. The Morgan fingerprint density at radius 2 is 2.12 bits per heavy atom. The summed E-state index contributed by atoms with van der Waals surface area (Å²) in [7, 11) is 0. The fourth-order valence-corrected chi connectivity index (χ4v) is 2.02. The molecule has 0 aromatic heterocycles. The first-order valence-electron chi connectivity index (χ1n) is 5.44. The fraction of sp³-hybridized carbons (Fsp3) is 0.417. The number of anilines is 2. The van der Waals surface area contributed by atoms with Gasteiger partial charge in [0.05, 0.1) is 5.69 Å². The van der Waals surface area contributed by atoms with Gasteiger partial charge in [-0.05, 0) is 32.9 Å². The van der Waals surface area contributed by atoms with Crippen molar-refractivity contribution < 1.29 is 9.90 Å². The van der Waals surface area contributed by atoms with Crippen LogP contribution in [0.25, 0.3) is 0 Å². The summed E-state index contributed by atoms with van der Waals surface area (Å²) in [6.07, 6.45) is 0. The molecular formula is C12H16N2O2. The number of phenols is 1. The quantitative estimate of drug-likeness (QED) is 0.711. The summed E-state index contributed by atoms with van der Waals surface area (Å²) in [6, 6.07) is 4.98. The predicted octanol–water partition coefficient (Wildman–Crippen LogP) is 1.95. The van der Waals surface area contributed by atoms with Gasteiger partial charge in [0.25, 0.3) is 0 Å². The molecule has 0 fully saturated rings. The Labute approximate surface area is 94.9 Å². The van der Waals surface area contributed by atoms with Crippen LogP contribution in [0.5, 0.6) is 5.75 Å². The first kappa shape index (κ1) is 10.8. The molecule has 0 spiro atoms. The van der Waals surface area contributed by atoms with Crippen LogP contribution in [0.3, 0.4) is 0 Å². The summed E-state index contributed by atoms with van der Waals surface area (Å²) in [5.41, 5.74) is 1.39. The van der Waals surface area contributed by atoms with E-state index in [1.54, 1.807) is 24.0 Å². The van der Waals surface area contributed by atoms with Crippen molar-refractivity contribution in [2.24, 2.45) is 0 Å². The molecule has 16 heavy (non-hydrogen) atoms. The number of aromatic hydroxyl groups is 1. The highest BCUT2D eigenvalue weighted by molar-refractivity contribution is 6.06. The first-order valence-corrected chi connectivity index (χ1v) is 5.44. The van der Waals surface area contributed by atoms with Crippen LogP contribution in [0.15, 0.2) is 18.2 Å². The number of hydrogen-bond acceptors (Lipinski definition) is 3. The van der Waals surface area contributed by atoms with E-state index in [9.17, 15) is 9.90 Å². The lowest BCUT2D eigenvalue weighted by atomic mass is 10.1. The molecular weight excluding hydrogens is 204 g/mol. The highest BCUT2D eigenvalue weighted by atomic mass is 16.3. The van der Waals surface area contributed by atoms with Crippen molar-refractivity contribution in [3.63, 3.8) is 0 Å². The van der Waals surface area contributed by atoms with Crippen LogP contribution < -0.4 is 10.2 Å². The summed E-state index contributed by atoms with van der Waals surface area (Å²) < 4.78 is 0. The van der Waals surface area contributed by atoms with E-state index < -0.39 is 0 Å². The van der Waals surface area contributed by atoms with E-state index in [-0.39, 0.29) is 23.7 Å². The Bertz CT molecular complexity index is 429. The molecule has 0 saturated carbocycles. The van der Waals surface area contributed by atoms with E-state index >= 15 is 0 Å². The summed E-state index contributed by atoms with van der Waals surface area (Å²) in [5.74, 6) is 0.218. The van der Waals surface area contributed by atoms with Gasteiger partial charge in [-0.25, -0.2) is 0 Å². The third-order valence-electron chi connectivity index (χ3n) is 2.77. The minimum Gasteiger partial charge on any atom is -0.506 e. The molecule has 4 nitrogen and oxygen atoms in total. The maximum Gasteiger partial charge on any atom is 0.249 e. The van der Waals surface area contributed by atoms with E-state index in [2.05, 4.69) is 5.32 Å². The van der Waals surface area contributed by atoms with Crippen molar-refractivity contribution >= 4 is 17.3 Å². The molecule has 0 saturated heterocycles. The number of carbonyl (C=O) groups excluding carboxylic acids is 1. The highest BCUT2D eigenvalue weighted by Gasteiger charge is 2.32. The molecule has 4 heteroatoms. The van der Waals surface area contributed by atoms with Crippen molar-refractivity contribution in [2.75, 3.05) is 10.2 Å². The molecule has 0 aliphatic carbocycles. The second kappa shape index (κ2) is 3.70. The number of para-hydroxylation sites is 1. The average Bonchev–Trinajstić information content (AvgIpc) is 2.21. The van der Waals surface area contributed by atoms with Gasteiger partial charge in [0.1, 0.15) is 17.5 Å². The Kier molecular flexibility index (Phi) is 2.50. The van der Waals surface area contributed by atoms with Gasteiger partial charge in [-0.1, -0.05) is 6.07 Å². The van der Waals surface area contributed by atoms with Gasteiger partial charge >= 0.3 is 0 Å². The SMILES string of the molecule is CC1Nc2c(O)cccc2N(C(C)C)C1=O. The third-order valence-corrected chi connectivity index (χ3v) is 2.77. The van der Waals surface area contributed by atoms with Gasteiger partial charge in [0, 0.05) is 6.04 Å². The van der Waals surface area contributed by atoms with Gasteiger partial charge in [-0.2, -0.15) is 0 Å². The largest absolute Gasteiger partial charge is 0.506 e. The van der Waals surface area contributed by atoms with Crippen LogP contribution in [0.4, 0.5) is 11.4 Å².